The lowest BCUT2D eigenvalue weighted by Gasteiger charge is -2.52. The van der Waals surface area contributed by atoms with E-state index >= 15 is 0 Å². The Hall–Kier alpha value is -1.42. The Morgan fingerprint density at radius 3 is 2.33 bits per heavy atom. The van der Waals surface area contributed by atoms with Crippen LogP contribution in [0.5, 0.6) is 0 Å². The number of carbonyl (C=O) groups excluding carboxylic acids is 1. The molecule has 0 heterocycles. The number of fused-ring (bicyclic) bond motifs is 2. The zero-order chi connectivity index (χ0) is 15.5. The Bertz CT molecular complexity index is 716. The summed E-state index contributed by atoms with van der Waals surface area (Å²) in [6.45, 7) is 5.62. The van der Waals surface area contributed by atoms with Gasteiger partial charge in [-0.2, -0.15) is 0 Å². The minimum Gasteiger partial charge on any atom is -0.298 e. The first kappa shape index (κ1) is 14.5. The van der Waals surface area contributed by atoms with Gasteiger partial charge in [-0.25, -0.2) is 8.42 Å². The fraction of sp³-hybridized carbons (Fsp3) is 0.471. The summed E-state index contributed by atoms with van der Waals surface area (Å²) in [6, 6.07) is 8.46. The van der Waals surface area contributed by atoms with Crippen LogP contribution < -0.4 is 0 Å². The molecule has 0 saturated heterocycles. The highest BCUT2D eigenvalue weighted by Crippen LogP contribution is 2.54. The van der Waals surface area contributed by atoms with Crippen molar-refractivity contribution in [2.45, 2.75) is 37.3 Å². The predicted molar refractivity (Wildman–Crippen MR) is 81.6 cm³/mol. The maximum absolute atomic E-state index is 13.0. The van der Waals surface area contributed by atoms with Crippen LogP contribution in [0, 0.1) is 16.7 Å². The molecule has 1 saturated carbocycles. The summed E-state index contributed by atoms with van der Waals surface area (Å²) in [5, 5.41) is -0.664. The highest BCUT2D eigenvalue weighted by molar-refractivity contribution is 7.92. The minimum absolute atomic E-state index is 0.00434. The Labute approximate surface area is 126 Å². The fourth-order valence-electron chi connectivity index (χ4n) is 3.82. The molecule has 0 aliphatic heterocycles. The standard InChI is InChI=1S/C17H20O3S/c1-16(2)12-9-10-17(3,15(16)18)14(11-12)21(19,20)13-7-5-4-6-8-13/h4-10,12,14H,11H2,1-3H3/t12-,14+,17-/m0/s1. The van der Waals surface area contributed by atoms with E-state index < -0.39 is 25.9 Å². The van der Waals surface area contributed by atoms with E-state index in [1.807, 2.05) is 26.0 Å². The molecule has 21 heavy (non-hydrogen) atoms. The van der Waals surface area contributed by atoms with Gasteiger partial charge >= 0.3 is 0 Å². The Balaban J connectivity index is 2.11. The zero-order valence-corrected chi connectivity index (χ0v) is 13.4. The first-order valence-electron chi connectivity index (χ1n) is 7.24. The molecule has 3 aliphatic rings. The molecule has 3 nitrogen and oxygen atoms in total. The third kappa shape index (κ3) is 1.85. The minimum atomic E-state index is -3.51. The van der Waals surface area contributed by atoms with E-state index in [-0.39, 0.29) is 11.7 Å². The van der Waals surface area contributed by atoms with Gasteiger partial charge in [0, 0.05) is 5.41 Å². The normalized spacial score (nSPS) is 34.1. The Morgan fingerprint density at radius 2 is 1.71 bits per heavy atom. The van der Waals surface area contributed by atoms with Crippen LogP contribution in [0.4, 0.5) is 0 Å². The molecular formula is C17H20O3S. The van der Waals surface area contributed by atoms with Gasteiger partial charge < -0.3 is 0 Å². The molecule has 1 fully saturated rings. The molecule has 112 valence electrons. The summed E-state index contributed by atoms with van der Waals surface area (Å²) in [7, 11) is -3.51. The molecule has 4 rings (SSSR count). The van der Waals surface area contributed by atoms with Crippen molar-refractivity contribution in [3.8, 4) is 0 Å². The molecule has 0 N–H and O–H groups in total. The number of allylic oxidation sites excluding steroid dienone is 2. The second kappa shape index (κ2) is 4.29. The predicted octanol–water partition coefficient (Wildman–Crippen LogP) is 3.02. The largest absolute Gasteiger partial charge is 0.298 e. The Morgan fingerprint density at radius 1 is 1.10 bits per heavy atom. The van der Waals surface area contributed by atoms with Crippen LogP contribution >= 0.6 is 0 Å². The lowest BCUT2D eigenvalue weighted by Crippen LogP contribution is -2.59. The van der Waals surface area contributed by atoms with Crippen LogP contribution in [-0.2, 0) is 14.6 Å². The first-order chi connectivity index (χ1) is 9.70. The van der Waals surface area contributed by atoms with Gasteiger partial charge in [0.1, 0.15) is 5.78 Å². The molecule has 0 spiro atoms. The number of rotatable bonds is 2. The van der Waals surface area contributed by atoms with Gasteiger partial charge in [-0.15, -0.1) is 0 Å². The average molecular weight is 304 g/mol. The average Bonchev–Trinajstić information content (AvgIpc) is 2.45. The van der Waals surface area contributed by atoms with E-state index in [9.17, 15) is 13.2 Å². The molecule has 3 aliphatic carbocycles. The Kier molecular flexibility index (Phi) is 2.97. The third-order valence-corrected chi connectivity index (χ3v) is 7.62. The highest BCUT2D eigenvalue weighted by Gasteiger charge is 2.60. The van der Waals surface area contributed by atoms with E-state index in [0.717, 1.165) is 0 Å². The molecule has 0 radical (unpaired) electrons. The van der Waals surface area contributed by atoms with Gasteiger partial charge in [-0.3, -0.25) is 4.79 Å². The van der Waals surface area contributed by atoms with Crippen LogP contribution in [-0.4, -0.2) is 19.5 Å². The summed E-state index contributed by atoms with van der Waals surface area (Å²) < 4.78 is 25.9. The molecule has 4 heteroatoms. The van der Waals surface area contributed by atoms with Crippen molar-refractivity contribution in [1.82, 2.24) is 0 Å². The molecular weight excluding hydrogens is 284 g/mol. The smallest absolute Gasteiger partial charge is 0.182 e. The number of benzene rings is 1. The second-order valence-electron chi connectivity index (χ2n) is 6.88. The van der Waals surface area contributed by atoms with Gasteiger partial charge in [0.2, 0.25) is 0 Å². The number of carbonyl (C=O) groups is 1. The van der Waals surface area contributed by atoms with Crippen LogP contribution in [0.15, 0.2) is 47.4 Å². The summed E-state index contributed by atoms with van der Waals surface area (Å²) in [6.07, 6.45) is 4.36. The number of hydrogen-bond donors (Lipinski definition) is 0. The lowest BCUT2D eigenvalue weighted by molar-refractivity contribution is -0.141. The monoisotopic (exact) mass is 304 g/mol. The van der Waals surface area contributed by atoms with Crippen molar-refractivity contribution in [2.75, 3.05) is 0 Å². The van der Waals surface area contributed by atoms with E-state index in [1.54, 1.807) is 37.3 Å². The van der Waals surface area contributed by atoms with Gasteiger partial charge in [0.05, 0.1) is 15.6 Å². The maximum atomic E-state index is 13.0. The van der Waals surface area contributed by atoms with Gasteiger partial charge in [0.15, 0.2) is 9.84 Å². The molecule has 1 aromatic rings. The van der Waals surface area contributed by atoms with Gasteiger partial charge in [-0.1, -0.05) is 44.2 Å². The van der Waals surface area contributed by atoms with Crippen molar-refractivity contribution >= 4 is 15.6 Å². The number of sulfone groups is 1. The third-order valence-electron chi connectivity index (χ3n) is 5.26. The molecule has 0 amide bonds. The second-order valence-corrected chi connectivity index (χ2v) is 9.01. The molecule has 0 aromatic heterocycles. The zero-order valence-electron chi connectivity index (χ0n) is 12.5. The first-order valence-corrected chi connectivity index (χ1v) is 8.78. The highest BCUT2D eigenvalue weighted by atomic mass is 32.2. The van der Waals surface area contributed by atoms with Crippen molar-refractivity contribution in [1.29, 1.82) is 0 Å². The molecule has 1 aromatic carbocycles. The lowest BCUT2D eigenvalue weighted by atomic mass is 9.54. The van der Waals surface area contributed by atoms with Crippen LogP contribution in [0.2, 0.25) is 0 Å². The fourth-order valence-corrected chi connectivity index (χ4v) is 5.98. The molecule has 0 unspecified atom stereocenters. The number of hydrogen-bond acceptors (Lipinski definition) is 3. The number of ketones is 1. The van der Waals surface area contributed by atoms with E-state index in [4.69, 9.17) is 0 Å². The van der Waals surface area contributed by atoms with Gasteiger partial charge in [0.25, 0.3) is 0 Å². The van der Waals surface area contributed by atoms with Crippen molar-refractivity contribution in [2.24, 2.45) is 16.7 Å². The summed E-state index contributed by atoms with van der Waals surface area (Å²) in [5.41, 5.74) is -1.40. The van der Waals surface area contributed by atoms with Gasteiger partial charge in [-0.05, 0) is 31.4 Å². The van der Waals surface area contributed by atoms with Crippen LogP contribution in [0.3, 0.4) is 0 Å². The topological polar surface area (TPSA) is 51.2 Å². The van der Waals surface area contributed by atoms with Crippen LogP contribution in [0.1, 0.15) is 27.2 Å². The van der Waals surface area contributed by atoms with E-state index in [0.29, 0.717) is 11.3 Å². The van der Waals surface area contributed by atoms with E-state index in [2.05, 4.69) is 0 Å². The van der Waals surface area contributed by atoms with Crippen molar-refractivity contribution in [3.63, 3.8) is 0 Å². The summed E-state index contributed by atoms with van der Waals surface area (Å²) in [5.74, 6) is 0.0357. The van der Waals surface area contributed by atoms with E-state index in [1.165, 1.54) is 0 Å². The summed E-state index contributed by atoms with van der Waals surface area (Å²) >= 11 is 0. The maximum Gasteiger partial charge on any atom is 0.182 e. The number of Topliss-reactive ketones (excluding diaryl/α,β-unsaturated/α-hetero) is 1. The van der Waals surface area contributed by atoms with Crippen molar-refractivity contribution < 1.29 is 13.2 Å². The van der Waals surface area contributed by atoms with Crippen LogP contribution in [0.25, 0.3) is 0 Å². The molecule has 2 bridgehead atoms. The van der Waals surface area contributed by atoms with Crippen molar-refractivity contribution in [3.05, 3.63) is 42.5 Å². The quantitative estimate of drug-likeness (QED) is 0.789. The SMILES string of the molecule is CC1(C)C(=O)[C@@]2(C)C=C[C@H]1C[C@H]2S(=O)(=O)c1ccccc1. The molecule has 3 atom stereocenters. The summed E-state index contributed by atoms with van der Waals surface area (Å²) in [4.78, 5) is 13.1.